The van der Waals surface area contributed by atoms with Crippen molar-refractivity contribution in [1.29, 1.82) is 0 Å². The van der Waals surface area contributed by atoms with Crippen molar-refractivity contribution in [3.63, 3.8) is 0 Å². The standard InChI is InChI=1S/C20H26O3P/c1-15(13-17-9-5-7-11-19(17)22-3)24(21)16(2)14-18-10-6-8-12-20(18)23-4/h5-12,15-16H,13-14H2,1-4H3/q+1. The van der Waals surface area contributed by atoms with E-state index in [2.05, 4.69) is 13.8 Å². The molecule has 0 saturated heterocycles. The molecule has 2 unspecified atom stereocenters. The summed E-state index contributed by atoms with van der Waals surface area (Å²) in [4.78, 5) is 0. The molecule has 0 spiro atoms. The van der Waals surface area contributed by atoms with Crippen LogP contribution in [0.15, 0.2) is 48.5 Å². The first kappa shape index (κ1) is 18.5. The lowest BCUT2D eigenvalue weighted by Crippen LogP contribution is -2.11. The molecule has 0 aromatic heterocycles. The summed E-state index contributed by atoms with van der Waals surface area (Å²) in [5.74, 6) is 1.73. The molecule has 2 atom stereocenters. The molecule has 0 aliphatic rings. The quantitative estimate of drug-likeness (QED) is 0.625. The molecule has 0 N–H and O–H groups in total. The molecule has 3 nitrogen and oxygen atoms in total. The van der Waals surface area contributed by atoms with Crippen LogP contribution in [-0.2, 0) is 17.4 Å². The van der Waals surface area contributed by atoms with Crippen molar-refractivity contribution in [3.05, 3.63) is 59.7 Å². The van der Waals surface area contributed by atoms with Gasteiger partial charge >= 0.3 is 7.80 Å². The fourth-order valence-electron chi connectivity index (χ4n) is 2.99. The van der Waals surface area contributed by atoms with Crippen molar-refractivity contribution in [2.75, 3.05) is 14.2 Å². The van der Waals surface area contributed by atoms with Gasteiger partial charge in [-0.2, -0.15) is 0 Å². The van der Waals surface area contributed by atoms with E-state index in [-0.39, 0.29) is 11.3 Å². The predicted octanol–water partition coefficient (Wildman–Crippen LogP) is 5.09. The Bertz CT molecular complexity index is 627. The van der Waals surface area contributed by atoms with Crippen LogP contribution < -0.4 is 9.47 Å². The van der Waals surface area contributed by atoms with E-state index in [0.717, 1.165) is 35.5 Å². The maximum absolute atomic E-state index is 12.9. The third-order valence-corrected chi connectivity index (χ3v) is 6.39. The van der Waals surface area contributed by atoms with E-state index in [1.807, 2.05) is 48.5 Å². The Labute approximate surface area is 145 Å². The fraction of sp³-hybridized carbons (Fsp3) is 0.400. The van der Waals surface area contributed by atoms with Crippen LogP contribution >= 0.6 is 7.80 Å². The second kappa shape index (κ2) is 8.84. The second-order valence-corrected chi connectivity index (χ2v) is 8.57. The number of ether oxygens (including phenoxy) is 2. The lowest BCUT2D eigenvalue weighted by atomic mass is 10.1. The van der Waals surface area contributed by atoms with Crippen LogP contribution in [0.1, 0.15) is 25.0 Å². The molecule has 4 heteroatoms. The molecule has 2 rings (SSSR count). The van der Waals surface area contributed by atoms with Crippen molar-refractivity contribution >= 4 is 7.80 Å². The summed E-state index contributed by atoms with van der Waals surface area (Å²) < 4.78 is 23.7. The summed E-state index contributed by atoms with van der Waals surface area (Å²) in [5, 5.41) is 0. The maximum Gasteiger partial charge on any atom is 0.345 e. The SMILES string of the molecule is COc1ccccc1CC(C)[P+](=O)C(C)Cc1ccccc1OC. The van der Waals surface area contributed by atoms with E-state index in [4.69, 9.17) is 9.47 Å². The van der Waals surface area contributed by atoms with Crippen molar-refractivity contribution in [1.82, 2.24) is 0 Å². The molecule has 0 bridgehead atoms. The van der Waals surface area contributed by atoms with Crippen molar-refractivity contribution in [3.8, 4) is 11.5 Å². The van der Waals surface area contributed by atoms with Gasteiger partial charge in [0.05, 0.1) is 14.2 Å². The van der Waals surface area contributed by atoms with Gasteiger partial charge in [0, 0.05) is 12.8 Å². The highest BCUT2D eigenvalue weighted by molar-refractivity contribution is 7.46. The highest BCUT2D eigenvalue weighted by Gasteiger charge is 2.33. The fourth-order valence-corrected chi connectivity index (χ4v) is 4.62. The lowest BCUT2D eigenvalue weighted by molar-refractivity contribution is 0.409. The number of para-hydroxylation sites is 2. The minimum absolute atomic E-state index is 0.0982. The molecule has 0 heterocycles. The smallest absolute Gasteiger partial charge is 0.345 e. The van der Waals surface area contributed by atoms with Crippen molar-refractivity contribution in [2.45, 2.75) is 38.0 Å². The molecule has 2 aromatic rings. The zero-order valence-electron chi connectivity index (χ0n) is 14.9. The Morgan fingerprint density at radius 1 is 0.792 bits per heavy atom. The molecule has 24 heavy (non-hydrogen) atoms. The maximum atomic E-state index is 12.9. The summed E-state index contributed by atoms with van der Waals surface area (Å²) in [7, 11) is 2.00. The van der Waals surface area contributed by atoms with Crippen molar-refractivity contribution < 1.29 is 14.0 Å². The van der Waals surface area contributed by atoms with Gasteiger partial charge in [0.2, 0.25) is 0 Å². The Balaban J connectivity index is 2.04. The first-order valence-corrected chi connectivity index (χ1v) is 9.65. The Morgan fingerprint density at radius 2 is 1.17 bits per heavy atom. The number of rotatable bonds is 8. The first-order chi connectivity index (χ1) is 11.6. The van der Waals surface area contributed by atoms with Gasteiger partial charge in [-0.3, -0.25) is 0 Å². The Morgan fingerprint density at radius 3 is 1.54 bits per heavy atom. The highest BCUT2D eigenvalue weighted by Crippen LogP contribution is 2.39. The first-order valence-electron chi connectivity index (χ1n) is 8.26. The van der Waals surface area contributed by atoms with Crippen LogP contribution in [0.4, 0.5) is 0 Å². The normalized spacial score (nSPS) is 13.9. The average molecular weight is 345 g/mol. The van der Waals surface area contributed by atoms with Gasteiger partial charge in [0.15, 0.2) is 11.3 Å². The van der Waals surface area contributed by atoms with E-state index < -0.39 is 7.80 Å². The largest absolute Gasteiger partial charge is 0.496 e. The zero-order chi connectivity index (χ0) is 17.5. The Kier molecular flexibility index (Phi) is 6.81. The third-order valence-electron chi connectivity index (χ3n) is 4.28. The summed E-state index contributed by atoms with van der Waals surface area (Å²) in [5.41, 5.74) is 2.42. The lowest BCUT2D eigenvalue weighted by Gasteiger charge is -2.12. The number of benzene rings is 2. The summed E-state index contributed by atoms with van der Waals surface area (Å²) in [6.45, 7) is 4.12. The van der Waals surface area contributed by atoms with Gasteiger partial charge in [-0.05, 0) is 37.1 Å². The molecule has 0 fully saturated rings. The minimum atomic E-state index is -1.35. The predicted molar refractivity (Wildman–Crippen MR) is 99.9 cm³/mol. The van der Waals surface area contributed by atoms with E-state index in [1.54, 1.807) is 14.2 Å². The topological polar surface area (TPSA) is 35.5 Å². The van der Waals surface area contributed by atoms with Crippen LogP contribution in [0.3, 0.4) is 0 Å². The molecule has 128 valence electrons. The van der Waals surface area contributed by atoms with Crippen molar-refractivity contribution in [2.24, 2.45) is 0 Å². The van der Waals surface area contributed by atoms with E-state index in [0.29, 0.717) is 0 Å². The van der Waals surface area contributed by atoms with Crippen LogP contribution in [0.25, 0.3) is 0 Å². The van der Waals surface area contributed by atoms with Gasteiger partial charge in [0.25, 0.3) is 0 Å². The van der Waals surface area contributed by atoms with Crippen LogP contribution in [0.5, 0.6) is 11.5 Å². The zero-order valence-corrected chi connectivity index (χ0v) is 15.8. The molecule has 0 aliphatic carbocycles. The average Bonchev–Trinajstić information content (AvgIpc) is 2.61. The molecular formula is C20H26O3P+. The van der Waals surface area contributed by atoms with Gasteiger partial charge < -0.3 is 9.47 Å². The van der Waals surface area contributed by atoms with E-state index in [1.165, 1.54) is 0 Å². The summed E-state index contributed by atoms with van der Waals surface area (Å²) in [6.07, 6.45) is 1.52. The third kappa shape index (κ3) is 4.58. The number of hydrogen-bond acceptors (Lipinski definition) is 3. The minimum Gasteiger partial charge on any atom is -0.496 e. The monoisotopic (exact) mass is 345 g/mol. The molecule has 0 amide bonds. The van der Waals surface area contributed by atoms with Gasteiger partial charge in [-0.25, -0.2) is 0 Å². The molecule has 0 saturated carbocycles. The van der Waals surface area contributed by atoms with Gasteiger partial charge in [-0.1, -0.05) is 41.0 Å². The molecule has 0 aliphatic heterocycles. The van der Waals surface area contributed by atoms with Crippen LogP contribution in [0, 0.1) is 0 Å². The molecular weight excluding hydrogens is 319 g/mol. The molecule has 0 radical (unpaired) electrons. The van der Waals surface area contributed by atoms with Gasteiger partial charge in [0.1, 0.15) is 11.5 Å². The summed E-state index contributed by atoms with van der Waals surface area (Å²) >= 11 is 0. The number of hydrogen-bond donors (Lipinski definition) is 0. The van der Waals surface area contributed by atoms with Crippen LogP contribution in [0.2, 0.25) is 0 Å². The summed E-state index contributed by atoms with van der Waals surface area (Å²) in [6, 6.07) is 15.9. The van der Waals surface area contributed by atoms with Gasteiger partial charge in [-0.15, -0.1) is 0 Å². The van der Waals surface area contributed by atoms with Crippen LogP contribution in [-0.4, -0.2) is 25.5 Å². The number of methoxy groups -OCH3 is 2. The Hall–Kier alpha value is -1.86. The highest BCUT2D eigenvalue weighted by atomic mass is 31.1. The second-order valence-electron chi connectivity index (χ2n) is 6.09. The molecule has 2 aromatic carbocycles. The van der Waals surface area contributed by atoms with E-state index in [9.17, 15) is 4.57 Å². The van der Waals surface area contributed by atoms with E-state index >= 15 is 0 Å².